The largest absolute Gasteiger partial charge is 0.276 e. The maximum absolute atomic E-state index is 5.51. The summed E-state index contributed by atoms with van der Waals surface area (Å²) in [5.74, 6) is 0.759. The maximum atomic E-state index is 5.51. The Kier molecular flexibility index (Phi) is 4.03. The van der Waals surface area contributed by atoms with E-state index in [1.807, 2.05) is 30.3 Å². The molecule has 0 amide bonds. The molecule has 2 rings (SSSR count). The summed E-state index contributed by atoms with van der Waals surface area (Å²) in [4.78, 5) is 5.51. The van der Waals surface area contributed by atoms with Gasteiger partial charge in [-0.05, 0) is 30.9 Å². The molecule has 0 bridgehead atoms. The molecular weight excluding hydrogens is 186 g/mol. The van der Waals surface area contributed by atoms with Crippen LogP contribution < -0.4 is 5.48 Å². The molecule has 0 unspecified atom stereocenters. The van der Waals surface area contributed by atoms with Gasteiger partial charge in [-0.2, -0.15) is 0 Å². The van der Waals surface area contributed by atoms with E-state index in [2.05, 4.69) is 5.48 Å². The molecule has 0 aliphatic heterocycles. The number of hydrogen-bond donors (Lipinski definition) is 1. The van der Waals surface area contributed by atoms with Crippen molar-refractivity contribution < 1.29 is 4.84 Å². The van der Waals surface area contributed by atoms with Crippen LogP contribution in [0.3, 0.4) is 0 Å². The Morgan fingerprint density at radius 3 is 2.53 bits per heavy atom. The Hall–Kier alpha value is -1.02. The first-order valence-corrected chi connectivity index (χ1v) is 5.88. The summed E-state index contributed by atoms with van der Waals surface area (Å²) in [5, 5.41) is 0. The second-order valence-corrected chi connectivity index (χ2v) is 4.28. The average Bonchev–Trinajstić information content (AvgIpc) is 2.32. The van der Waals surface area contributed by atoms with Gasteiger partial charge in [-0.15, -0.1) is 0 Å². The highest BCUT2D eigenvalue weighted by molar-refractivity contribution is 5.39. The first kappa shape index (κ1) is 10.5. The average molecular weight is 205 g/mol. The Morgan fingerprint density at radius 2 is 1.80 bits per heavy atom. The molecule has 0 atom stereocenters. The van der Waals surface area contributed by atoms with Crippen LogP contribution >= 0.6 is 0 Å². The van der Waals surface area contributed by atoms with Crippen molar-refractivity contribution in [1.82, 2.24) is 0 Å². The third-order valence-electron chi connectivity index (χ3n) is 3.01. The first-order chi connectivity index (χ1) is 7.45. The molecule has 1 aliphatic rings. The van der Waals surface area contributed by atoms with E-state index in [-0.39, 0.29) is 0 Å². The monoisotopic (exact) mass is 205 g/mol. The van der Waals surface area contributed by atoms with Gasteiger partial charge in [0.25, 0.3) is 0 Å². The minimum absolute atomic E-state index is 0.759. The van der Waals surface area contributed by atoms with E-state index < -0.39 is 0 Å². The molecular formula is C13H19NO. The summed E-state index contributed by atoms with van der Waals surface area (Å²) < 4.78 is 0. The molecule has 0 radical (unpaired) electrons. The van der Waals surface area contributed by atoms with Gasteiger partial charge in [0.1, 0.15) is 0 Å². The molecule has 1 saturated carbocycles. The highest BCUT2D eigenvalue weighted by atomic mass is 16.6. The van der Waals surface area contributed by atoms with Gasteiger partial charge in [-0.1, -0.05) is 37.5 Å². The quantitative estimate of drug-likeness (QED) is 0.758. The highest BCUT2D eigenvalue weighted by Gasteiger charge is 2.13. The predicted molar refractivity (Wildman–Crippen MR) is 62.6 cm³/mol. The minimum atomic E-state index is 0.759. The van der Waals surface area contributed by atoms with E-state index in [0.29, 0.717) is 0 Å². The Labute approximate surface area is 91.6 Å². The van der Waals surface area contributed by atoms with Gasteiger partial charge in [0.05, 0.1) is 12.3 Å². The molecule has 2 nitrogen and oxygen atoms in total. The number of para-hydroxylation sites is 1. The van der Waals surface area contributed by atoms with Crippen molar-refractivity contribution >= 4 is 5.69 Å². The van der Waals surface area contributed by atoms with Gasteiger partial charge in [0.15, 0.2) is 0 Å². The van der Waals surface area contributed by atoms with Crippen LogP contribution in [0, 0.1) is 5.92 Å². The number of nitrogens with one attached hydrogen (secondary N) is 1. The normalized spacial score (nSPS) is 17.6. The molecule has 0 aromatic heterocycles. The van der Waals surface area contributed by atoms with Crippen LogP contribution in [0.15, 0.2) is 30.3 Å². The maximum Gasteiger partial charge on any atom is 0.0774 e. The zero-order valence-electron chi connectivity index (χ0n) is 9.11. The molecule has 1 fully saturated rings. The van der Waals surface area contributed by atoms with Crippen molar-refractivity contribution in [2.75, 3.05) is 12.1 Å². The predicted octanol–water partition coefficient (Wildman–Crippen LogP) is 3.61. The number of benzene rings is 1. The Balaban J connectivity index is 1.66. The van der Waals surface area contributed by atoms with Crippen LogP contribution in [0.2, 0.25) is 0 Å². The van der Waals surface area contributed by atoms with Crippen LogP contribution in [0.5, 0.6) is 0 Å². The standard InChI is InChI=1S/C13H19NO/c1-3-7-12(8-4-1)11-15-14-13-9-5-2-6-10-13/h2,5-6,9-10,12,14H,1,3-4,7-8,11H2. The summed E-state index contributed by atoms with van der Waals surface area (Å²) in [7, 11) is 0. The first-order valence-electron chi connectivity index (χ1n) is 5.88. The lowest BCUT2D eigenvalue weighted by atomic mass is 9.90. The van der Waals surface area contributed by atoms with Gasteiger partial charge in [0.2, 0.25) is 0 Å². The molecule has 2 heteroatoms. The Morgan fingerprint density at radius 1 is 1.07 bits per heavy atom. The number of hydrogen-bond acceptors (Lipinski definition) is 2. The number of rotatable bonds is 4. The highest BCUT2D eigenvalue weighted by Crippen LogP contribution is 2.23. The lowest BCUT2D eigenvalue weighted by Gasteiger charge is -2.21. The molecule has 1 aromatic rings. The summed E-state index contributed by atoms with van der Waals surface area (Å²) in [6.07, 6.45) is 6.81. The van der Waals surface area contributed by atoms with Crippen LogP contribution in [0.25, 0.3) is 0 Å². The van der Waals surface area contributed by atoms with Crippen molar-refractivity contribution in [2.45, 2.75) is 32.1 Å². The lowest BCUT2D eigenvalue weighted by Crippen LogP contribution is -2.15. The van der Waals surface area contributed by atoms with E-state index >= 15 is 0 Å². The summed E-state index contributed by atoms with van der Waals surface area (Å²) in [6, 6.07) is 10.0. The zero-order chi connectivity index (χ0) is 10.3. The molecule has 15 heavy (non-hydrogen) atoms. The van der Waals surface area contributed by atoms with Gasteiger partial charge in [-0.3, -0.25) is 10.3 Å². The third-order valence-corrected chi connectivity index (χ3v) is 3.01. The molecule has 0 heterocycles. The van der Waals surface area contributed by atoms with E-state index in [4.69, 9.17) is 4.84 Å². The molecule has 1 aromatic carbocycles. The summed E-state index contributed by atoms with van der Waals surface area (Å²) >= 11 is 0. The van der Waals surface area contributed by atoms with Gasteiger partial charge < -0.3 is 0 Å². The van der Waals surface area contributed by atoms with Gasteiger partial charge >= 0.3 is 0 Å². The minimum Gasteiger partial charge on any atom is -0.276 e. The fourth-order valence-corrected chi connectivity index (χ4v) is 2.10. The van der Waals surface area contributed by atoms with Crippen molar-refractivity contribution in [3.63, 3.8) is 0 Å². The molecule has 0 spiro atoms. The van der Waals surface area contributed by atoms with Crippen LogP contribution in [-0.2, 0) is 4.84 Å². The SMILES string of the molecule is c1ccc(NOCC2CCCCC2)cc1. The van der Waals surface area contributed by atoms with E-state index in [0.717, 1.165) is 18.2 Å². The third kappa shape index (κ3) is 3.56. The lowest BCUT2D eigenvalue weighted by molar-refractivity contribution is 0.128. The fraction of sp³-hybridized carbons (Fsp3) is 0.538. The van der Waals surface area contributed by atoms with Crippen molar-refractivity contribution in [1.29, 1.82) is 0 Å². The van der Waals surface area contributed by atoms with Gasteiger partial charge in [-0.25, -0.2) is 0 Å². The molecule has 82 valence electrons. The second-order valence-electron chi connectivity index (χ2n) is 4.28. The summed E-state index contributed by atoms with van der Waals surface area (Å²) in [6.45, 7) is 0.842. The topological polar surface area (TPSA) is 21.3 Å². The smallest absolute Gasteiger partial charge is 0.0774 e. The molecule has 0 saturated heterocycles. The number of anilines is 1. The fourth-order valence-electron chi connectivity index (χ4n) is 2.10. The molecule has 1 N–H and O–H groups in total. The summed E-state index contributed by atoms with van der Waals surface area (Å²) in [5.41, 5.74) is 4.03. The second kappa shape index (κ2) is 5.76. The molecule has 1 aliphatic carbocycles. The van der Waals surface area contributed by atoms with Crippen LogP contribution in [0.4, 0.5) is 5.69 Å². The van der Waals surface area contributed by atoms with Crippen LogP contribution in [-0.4, -0.2) is 6.61 Å². The Bertz CT molecular complexity index is 267. The van der Waals surface area contributed by atoms with Crippen molar-refractivity contribution in [3.05, 3.63) is 30.3 Å². The van der Waals surface area contributed by atoms with Crippen molar-refractivity contribution in [3.8, 4) is 0 Å². The zero-order valence-corrected chi connectivity index (χ0v) is 9.11. The van der Waals surface area contributed by atoms with Crippen LogP contribution in [0.1, 0.15) is 32.1 Å². The van der Waals surface area contributed by atoms with E-state index in [1.54, 1.807) is 0 Å². The van der Waals surface area contributed by atoms with E-state index in [1.165, 1.54) is 32.1 Å². The van der Waals surface area contributed by atoms with Gasteiger partial charge in [0, 0.05) is 0 Å². The van der Waals surface area contributed by atoms with E-state index in [9.17, 15) is 0 Å². The van der Waals surface area contributed by atoms with Crippen molar-refractivity contribution in [2.24, 2.45) is 5.92 Å².